The van der Waals surface area contributed by atoms with Crippen LogP contribution in [0.15, 0.2) is 43.5 Å². The monoisotopic (exact) mass is 397 g/mol. The van der Waals surface area contributed by atoms with Crippen molar-refractivity contribution in [3.8, 4) is 11.3 Å². The Kier molecular flexibility index (Phi) is 6.59. The van der Waals surface area contributed by atoms with Crippen molar-refractivity contribution in [2.24, 2.45) is 0 Å². The van der Waals surface area contributed by atoms with Crippen LogP contribution in [0.2, 0.25) is 5.02 Å². The minimum Gasteiger partial charge on any atom is -0.360 e. The minimum absolute atomic E-state index is 0.689. The average molecular weight is 398 g/mol. The van der Waals surface area contributed by atoms with Crippen molar-refractivity contribution in [1.82, 2.24) is 15.4 Å². The van der Waals surface area contributed by atoms with Crippen LogP contribution in [0.5, 0.6) is 0 Å². The fourth-order valence-corrected chi connectivity index (χ4v) is 5.06. The molecule has 0 saturated carbocycles. The quantitative estimate of drug-likeness (QED) is 0.341. The molecule has 126 valence electrons. The van der Waals surface area contributed by atoms with E-state index in [0.29, 0.717) is 10.8 Å². The van der Waals surface area contributed by atoms with Gasteiger partial charge >= 0.3 is 0 Å². The summed E-state index contributed by atoms with van der Waals surface area (Å²) in [4.78, 5) is 0. The Balaban J connectivity index is 1.54. The van der Waals surface area contributed by atoms with Crippen LogP contribution in [0, 0.1) is 0 Å². The summed E-state index contributed by atoms with van der Waals surface area (Å²) in [6, 6.07) is 9.51. The molecule has 0 aliphatic heterocycles. The SMILES string of the molecule is CCCCSc1nnc(SCc2cc(-c3ccc(Cl)cc3)no2)s1. The molecular formula is C16H16ClN3OS3. The summed E-state index contributed by atoms with van der Waals surface area (Å²) in [7, 11) is 0. The van der Waals surface area contributed by atoms with Crippen LogP contribution in [0.3, 0.4) is 0 Å². The number of halogens is 1. The highest BCUT2D eigenvalue weighted by atomic mass is 35.5. The zero-order chi connectivity index (χ0) is 16.8. The molecule has 0 aliphatic carbocycles. The van der Waals surface area contributed by atoms with Crippen LogP contribution in [0.1, 0.15) is 25.5 Å². The second-order valence-electron chi connectivity index (χ2n) is 5.01. The van der Waals surface area contributed by atoms with Gasteiger partial charge in [-0.25, -0.2) is 0 Å². The lowest BCUT2D eigenvalue weighted by molar-refractivity contribution is 0.397. The van der Waals surface area contributed by atoms with Gasteiger partial charge in [-0.15, -0.1) is 10.2 Å². The molecule has 0 aliphatic rings. The molecule has 0 atom stereocenters. The lowest BCUT2D eigenvalue weighted by Crippen LogP contribution is -1.77. The third-order valence-electron chi connectivity index (χ3n) is 3.15. The van der Waals surface area contributed by atoms with Crippen LogP contribution in [0.25, 0.3) is 11.3 Å². The van der Waals surface area contributed by atoms with Gasteiger partial charge in [-0.3, -0.25) is 0 Å². The first kappa shape index (κ1) is 17.8. The molecule has 4 nitrogen and oxygen atoms in total. The van der Waals surface area contributed by atoms with Gasteiger partial charge in [-0.2, -0.15) is 0 Å². The van der Waals surface area contributed by atoms with Gasteiger partial charge in [-0.05, 0) is 18.6 Å². The summed E-state index contributed by atoms with van der Waals surface area (Å²) in [6.45, 7) is 2.19. The summed E-state index contributed by atoms with van der Waals surface area (Å²) >= 11 is 10.9. The van der Waals surface area contributed by atoms with E-state index in [1.807, 2.05) is 30.3 Å². The molecule has 0 N–H and O–H groups in total. The van der Waals surface area contributed by atoms with Crippen LogP contribution < -0.4 is 0 Å². The fraction of sp³-hybridized carbons (Fsp3) is 0.312. The van der Waals surface area contributed by atoms with E-state index in [4.69, 9.17) is 16.1 Å². The maximum atomic E-state index is 5.90. The number of hydrogen-bond acceptors (Lipinski definition) is 7. The largest absolute Gasteiger partial charge is 0.360 e. The third kappa shape index (κ3) is 4.99. The van der Waals surface area contributed by atoms with E-state index in [2.05, 4.69) is 22.3 Å². The van der Waals surface area contributed by atoms with Gasteiger partial charge in [-0.1, -0.05) is 77.1 Å². The molecule has 0 radical (unpaired) electrons. The predicted molar refractivity (Wildman–Crippen MR) is 102 cm³/mol. The van der Waals surface area contributed by atoms with E-state index in [1.54, 1.807) is 34.9 Å². The smallest absolute Gasteiger partial charge is 0.175 e. The lowest BCUT2D eigenvalue weighted by atomic mass is 10.1. The summed E-state index contributed by atoms with van der Waals surface area (Å²) in [5.74, 6) is 2.61. The maximum Gasteiger partial charge on any atom is 0.175 e. The molecule has 0 saturated heterocycles. The van der Waals surface area contributed by atoms with E-state index < -0.39 is 0 Å². The molecule has 0 fully saturated rings. The van der Waals surface area contributed by atoms with Gasteiger partial charge in [0.1, 0.15) is 11.5 Å². The first-order valence-corrected chi connectivity index (χ1v) is 10.7. The first-order chi connectivity index (χ1) is 11.7. The molecule has 0 spiro atoms. The van der Waals surface area contributed by atoms with Gasteiger partial charge in [0.05, 0.1) is 5.75 Å². The number of hydrogen-bond donors (Lipinski definition) is 0. The molecule has 0 bridgehead atoms. The average Bonchev–Trinajstić information content (AvgIpc) is 3.23. The van der Waals surface area contributed by atoms with Crippen molar-refractivity contribution in [2.45, 2.75) is 34.2 Å². The van der Waals surface area contributed by atoms with E-state index in [0.717, 1.165) is 31.4 Å². The Hall–Kier alpha value is -1.02. The number of nitrogens with zero attached hydrogens (tertiary/aromatic N) is 3. The Bertz CT molecular complexity index is 773. The van der Waals surface area contributed by atoms with Crippen LogP contribution in [-0.2, 0) is 5.75 Å². The molecule has 2 aromatic heterocycles. The van der Waals surface area contributed by atoms with Crippen LogP contribution in [-0.4, -0.2) is 21.1 Å². The normalized spacial score (nSPS) is 11.1. The van der Waals surface area contributed by atoms with Crippen molar-refractivity contribution < 1.29 is 4.52 Å². The highest BCUT2D eigenvalue weighted by Crippen LogP contribution is 2.32. The van der Waals surface area contributed by atoms with Gasteiger partial charge in [0.25, 0.3) is 0 Å². The Labute approximate surface area is 158 Å². The Morgan fingerprint density at radius 1 is 1.12 bits per heavy atom. The lowest BCUT2D eigenvalue weighted by Gasteiger charge is -1.94. The van der Waals surface area contributed by atoms with E-state index in [1.165, 1.54) is 12.8 Å². The van der Waals surface area contributed by atoms with E-state index in [-0.39, 0.29) is 0 Å². The number of benzene rings is 1. The first-order valence-electron chi connectivity index (χ1n) is 7.55. The molecule has 8 heteroatoms. The van der Waals surface area contributed by atoms with Gasteiger partial charge in [0.2, 0.25) is 0 Å². The molecule has 3 rings (SSSR count). The second kappa shape index (κ2) is 8.89. The molecule has 1 aromatic carbocycles. The standard InChI is InChI=1S/C16H16ClN3OS3/c1-2-3-8-22-15-18-19-16(24-15)23-10-13-9-14(20-21-13)11-4-6-12(17)7-5-11/h4-7,9H,2-3,8,10H2,1H3. The summed E-state index contributed by atoms with van der Waals surface area (Å²) < 4.78 is 7.39. The van der Waals surface area contributed by atoms with Gasteiger partial charge < -0.3 is 4.52 Å². The maximum absolute atomic E-state index is 5.90. The topological polar surface area (TPSA) is 51.8 Å². The molecule has 0 amide bonds. The highest BCUT2D eigenvalue weighted by Gasteiger charge is 2.10. The van der Waals surface area contributed by atoms with Crippen molar-refractivity contribution in [1.29, 1.82) is 0 Å². The Morgan fingerprint density at radius 2 is 1.88 bits per heavy atom. The van der Waals surface area contributed by atoms with Crippen molar-refractivity contribution in [2.75, 3.05) is 5.75 Å². The molecular weight excluding hydrogens is 382 g/mol. The summed E-state index contributed by atoms with van der Waals surface area (Å²) in [6.07, 6.45) is 2.41. The minimum atomic E-state index is 0.689. The third-order valence-corrected chi connectivity index (χ3v) is 6.70. The van der Waals surface area contributed by atoms with Crippen molar-refractivity contribution >= 4 is 46.5 Å². The molecule has 2 heterocycles. The molecule has 0 unspecified atom stereocenters. The van der Waals surface area contributed by atoms with Crippen molar-refractivity contribution in [3.05, 3.63) is 41.1 Å². The zero-order valence-corrected chi connectivity index (χ0v) is 16.3. The molecule has 24 heavy (non-hydrogen) atoms. The number of unbranched alkanes of at least 4 members (excludes halogenated alkanes) is 1. The van der Waals surface area contributed by atoms with Gasteiger partial charge in [0.15, 0.2) is 8.68 Å². The number of thioether (sulfide) groups is 2. The van der Waals surface area contributed by atoms with Crippen molar-refractivity contribution in [3.63, 3.8) is 0 Å². The second-order valence-corrected chi connectivity index (χ2v) is 8.99. The number of rotatable bonds is 8. The highest BCUT2D eigenvalue weighted by molar-refractivity contribution is 8.02. The van der Waals surface area contributed by atoms with Crippen LogP contribution in [0.4, 0.5) is 0 Å². The van der Waals surface area contributed by atoms with Crippen LogP contribution >= 0.6 is 46.5 Å². The summed E-state index contributed by atoms with van der Waals surface area (Å²) in [5.41, 5.74) is 1.81. The number of aromatic nitrogens is 3. The van der Waals surface area contributed by atoms with E-state index >= 15 is 0 Å². The van der Waals surface area contributed by atoms with Gasteiger partial charge in [0, 0.05) is 22.4 Å². The Morgan fingerprint density at radius 3 is 2.62 bits per heavy atom. The zero-order valence-electron chi connectivity index (χ0n) is 13.1. The molecule has 3 aromatic rings. The van der Waals surface area contributed by atoms with E-state index in [9.17, 15) is 0 Å². The fourth-order valence-electron chi connectivity index (χ4n) is 1.89. The predicted octanol–water partition coefficient (Wildman–Crippen LogP) is 6.03. The summed E-state index contributed by atoms with van der Waals surface area (Å²) in [5, 5.41) is 13.3.